The van der Waals surface area contributed by atoms with Gasteiger partial charge in [-0.15, -0.1) is 0 Å². The van der Waals surface area contributed by atoms with Crippen molar-refractivity contribution in [2.24, 2.45) is 4.99 Å². The number of para-hydroxylation sites is 1. The lowest BCUT2D eigenvalue weighted by Crippen LogP contribution is -2.56. The first-order valence-electron chi connectivity index (χ1n) is 10.6. The van der Waals surface area contributed by atoms with Gasteiger partial charge in [0.25, 0.3) is 0 Å². The second-order valence-corrected chi connectivity index (χ2v) is 8.06. The maximum atomic E-state index is 5.94. The minimum absolute atomic E-state index is 0.0306. The Bertz CT molecular complexity index is 802. The molecule has 3 rings (SSSR count). The third-order valence-electron chi connectivity index (χ3n) is 5.48. The number of aliphatic imine (C=N–C) groups is 1. The van der Waals surface area contributed by atoms with E-state index in [1.165, 1.54) is 5.56 Å². The van der Waals surface area contributed by atoms with Gasteiger partial charge in [0.15, 0.2) is 5.96 Å². The number of benzene rings is 2. The van der Waals surface area contributed by atoms with Crippen LogP contribution in [0.5, 0.6) is 5.75 Å². The van der Waals surface area contributed by atoms with Crippen molar-refractivity contribution in [3.63, 3.8) is 0 Å². The lowest BCUT2D eigenvalue weighted by atomic mass is 10.0. The van der Waals surface area contributed by atoms with Crippen LogP contribution in [0.15, 0.2) is 59.6 Å². The summed E-state index contributed by atoms with van der Waals surface area (Å²) in [7, 11) is 1.81. The van der Waals surface area contributed by atoms with Crippen LogP contribution < -0.4 is 15.4 Å². The summed E-state index contributed by atoms with van der Waals surface area (Å²) in [5, 5.41) is 6.92. The van der Waals surface area contributed by atoms with Crippen LogP contribution >= 0.6 is 0 Å². The molecule has 30 heavy (non-hydrogen) atoms. The van der Waals surface area contributed by atoms with E-state index in [1.54, 1.807) is 0 Å². The Labute approximate surface area is 180 Å². The molecule has 2 aromatic rings. The Morgan fingerprint density at radius 1 is 1.00 bits per heavy atom. The molecular formula is C24H34N4O2. The minimum Gasteiger partial charge on any atom is -0.489 e. The summed E-state index contributed by atoms with van der Waals surface area (Å²) in [6.07, 6.45) is 0. The van der Waals surface area contributed by atoms with Gasteiger partial charge in [-0.05, 0) is 37.1 Å². The summed E-state index contributed by atoms with van der Waals surface area (Å²) in [6.45, 7) is 10.1. The SMILES string of the molecule is CN=C(NCc1ccccc1COc1ccccc1)NCC(C)(C)N1CCOCC1. The van der Waals surface area contributed by atoms with Crippen LogP contribution in [0.25, 0.3) is 0 Å². The van der Waals surface area contributed by atoms with Crippen molar-refractivity contribution in [1.82, 2.24) is 15.5 Å². The molecule has 0 bridgehead atoms. The van der Waals surface area contributed by atoms with E-state index < -0.39 is 0 Å². The molecule has 6 nitrogen and oxygen atoms in total. The van der Waals surface area contributed by atoms with E-state index in [1.807, 2.05) is 43.4 Å². The van der Waals surface area contributed by atoms with Gasteiger partial charge in [-0.3, -0.25) is 9.89 Å². The molecule has 1 aliphatic rings. The highest BCUT2D eigenvalue weighted by atomic mass is 16.5. The van der Waals surface area contributed by atoms with E-state index in [0.29, 0.717) is 13.2 Å². The van der Waals surface area contributed by atoms with Crippen LogP contribution in [0.3, 0.4) is 0 Å². The molecule has 0 aromatic heterocycles. The van der Waals surface area contributed by atoms with Gasteiger partial charge in [0.05, 0.1) is 13.2 Å². The zero-order chi connectivity index (χ0) is 21.2. The van der Waals surface area contributed by atoms with E-state index in [4.69, 9.17) is 9.47 Å². The Balaban J connectivity index is 1.52. The number of ether oxygens (including phenoxy) is 2. The van der Waals surface area contributed by atoms with E-state index in [2.05, 4.69) is 52.6 Å². The second-order valence-electron chi connectivity index (χ2n) is 8.06. The smallest absolute Gasteiger partial charge is 0.191 e. The highest BCUT2D eigenvalue weighted by Gasteiger charge is 2.28. The van der Waals surface area contributed by atoms with Crippen molar-refractivity contribution in [2.75, 3.05) is 39.9 Å². The molecule has 0 amide bonds. The predicted octanol–water partition coefficient (Wildman–Crippen LogP) is 3.04. The molecule has 162 valence electrons. The third kappa shape index (κ3) is 6.47. The maximum absolute atomic E-state index is 5.94. The molecule has 2 aromatic carbocycles. The van der Waals surface area contributed by atoms with Crippen molar-refractivity contribution in [3.8, 4) is 5.75 Å². The minimum atomic E-state index is 0.0306. The molecular weight excluding hydrogens is 376 g/mol. The molecule has 1 saturated heterocycles. The van der Waals surface area contributed by atoms with Crippen molar-refractivity contribution < 1.29 is 9.47 Å². The first kappa shape index (κ1) is 22.1. The highest BCUT2D eigenvalue weighted by molar-refractivity contribution is 5.79. The van der Waals surface area contributed by atoms with Crippen LogP contribution in [0.4, 0.5) is 0 Å². The van der Waals surface area contributed by atoms with Gasteiger partial charge in [-0.25, -0.2) is 0 Å². The van der Waals surface area contributed by atoms with Gasteiger partial charge >= 0.3 is 0 Å². The molecule has 6 heteroatoms. The van der Waals surface area contributed by atoms with Gasteiger partial charge in [0.2, 0.25) is 0 Å². The molecule has 0 unspecified atom stereocenters. The summed E-state index contributed by atoms with van der Waals surface area (Å²) in [4.78, 5) is 6.86. The van der Waals surface area contributed by atoms with Crippen molar-refractivity contribution in [3.05, 3.63) is 65.7 Å². The predicted molar refractivity (Wildman–Crippen MR) is 122 cm³/mol. The standard InChI is InChI=1S/C24H34N4O2/c1-24(2,28-13-15-29-16-14-28)19-27-23(25-3)26-17-20-9-7-8-10-21(20)18-30-22-11-5-4-6-12-22/h4-12H,13-19H2,1-3H3,(H2,25,26,27). The Morgan fingerprint density at radius 2 is 1.67 bits per heavy atom. The fourth-order valence-corrected chi connectivity index (χ4v) is 3.53. The van der Waals surface area contributed by atoms with Crippen LogP contribution in [0, 0.1) is 0 Å². The van der Waals surface area contributed by atoms with Gasteiger partial charge in [-0.1, -0.05) is 42.5 Å². The summed E-state index contributed by atoms with van der Waals surface area (Å²) < 4.78 is 11.4. The van der Waals surface area contributed by atoms with Crippen LogP contribution in [0.1, 0.15) is 25.0 Å². The quantitative estimate of drug-likeness (QED) is 0.518. The van der Waals surface area contributed by atoms with Gasteiger partial charge in [0.1, 0.15) is 12.4 Å². The second kappa shape index (κ2) is 11.0. The average Bonchev–Trinajstić information content (AvgIpc) is 2.79. The summed E-state index contributed by atoms with van der Waals surface area (Å²) >= 11 is 0. The fourth-order valence-electron chi connectivity index (χ4n) is 3.53. The fraction of sp³-hybridized carbons (Fsp3) is 0.458. The van der Waals surface area contributed by atoms with Crippen molar-refractivity contribution in [2.45, 2.75) is 32.5 Å². The zero-order valence-corrected chi connectivity index (χ0v) is 18.4. The van der Waals surface area contributed by atoms with Crippen LogP contribution in [-0.2, 0) is 17.9 Å². The number of nitrogens with zero attached hydrogens (tertiary/aromatic N) is 2. The van der Waals surface area contributed by atoms with Crippen molar-refractivity contribution >= 4 is 5.96 Å². The Morgan fingerprint density at radius 3 is 2.37 bits per heavy atom. The topological polar surface area (TPSA) is 58.1 Å². The number of morpholine rings is 1. The molecule has 0 atom stereocenters. The number of rotatable bonds is 8. The van der Waals surface area contributed by atoms with Gasteiger partial charge in [0, 0.05) is 38.8 Å². The maximum Gasteiger partial charge on any atom is 0.191 e. The average molecular weight is 411 g/mol. The number of hydrogen-bond acceptors (Lipinski definition) is 4. The lowest BCUT2D eigenvalue weighted by molar-refractivity contribution is -0.00834. The molecule has 0 aliphatic carbocycles. The summed E-state index contributed by atoms with van der Waals surface area (Å²) in [6, 6.07) is 18.2. The molecule has 0 radical (unpaired) electrons. The molecule has 1 fully saturated rings. The highest BCUT2D eigenvalue weighted by Crippen LogP contribution is 2.16. The number of guanidine groups is 1. The van der Waals surface area contributed by atoms with E-state index in [9.17, 15) is 0 Å². The number of nitrogens with one attached hydrogen (secondary N) is 2. The molecule has 1 heterocycles. The largest absolute Gasteiger partial charge is 0.489 e. The lowest BCUT2D eigenvalue weighted by Gasteiger charge is -2.41. The molecule has 0 spiro atoms. The first-order chi connectivity index (χ1) is 14.6. The summed E-state index contributed by atoms with van der Waals surface area (Å²) in [5.74, 6) is 1.68. The Hall–Kier alpha value is -2.57. The zero-order valence-electron chi connectivity index (χ0n) is 18.4. The van der Waals surface area contributed by atoms with Crippen LogP contribution in [-0.4, -0.2) is 56.3 Å². The van der Waals surface area contributed by atoms with Crippen LogP contribution in [0.2, 0.25) is 0 Å². The molecule has 1 aliphatic heterocycles. The van der Waals surface area contributed by atoms with Gasteiger partial charge in [-0.2, -0.15) is 0 Å². The molecule has 2 N–H and O–H groups in total. The van der Waals surface area contributed by atoms with Crippen molar-refractivity contribution in [1.29, 1.82) is 0 Å². The normalized spacial score (nSPS) is 15.6. The third-order valence-corrected chi connectivity index (χ3v) is 5.48. The first-order valence-corrected chi connectivity index (χ1v) is 10.6. The number of hydrogen-bond donors (Lipinski definition) is 2. The molecule has 0 saturated carbocycles. The monoisotopic (exact) mass is 410 g/mol. The summed E-state index contributed by atoms with van der Waals surface area (Å²) in [5.41, 5.74) is 2.39. The van der Waals surface area contributed by atoms with Gasteiger partial charge < -0.3 is 20.1 Å². The van der Waals surface area contributed by atoms with E-state index in [-0.39, 0.29) is 5.54 Å². The Kier molecular flexibility index (Phi) is 8.11. The van der Waals surface area contributed by atoms with E-state index in [0.717, 1.165) is 50.1 Å². The van der Waals surface area contributed by atoms with E-state index >= 15 is 0 Å².